The van der Waals surface area contributed by atoms with Crippen molar-refractivity contribution in [3.8, 4) is 5.75 Å². The van der Waals surface area contributed by atoms with E-state index < -0.39 is 84.1 Å². The van der Waals surface area contributed by atoms with E-state index in [9.17, 15) is 43.8 Å². The van der Waals surface area contributed by atoms with E-state index in [0.29, 0.717) is 11.1 Å². The number of amides is 5. The smallest absolute Gasteiger partial charge is 0.326 e. The first-order chi connectivity index (χ1) is 22.1. The number of phenols is 1. The van der Waals surface area contributed by atoms with Crippen molar-refractivity contribution in [1.29, 1.82) is 0 Å². The molecule has 5 amide bonds. The molecule has 0 spiro atoms. The Morgan fingerprint density at radius 2 is 1.02 bits per heavy atom. The van der Waals surface area contributed by atoms with Crippen LogP contribution in [-0.2, 0) is 46.4 Å². The van der Waals surface area contributed by atoms with E-state index >= 15 is 0 Å². The molecule has 10 N–H and O–H groups in total. The second-order valence-electron chi connectivity index (χ2n) is 10.9. The maximum absolute atomic E-state index is 13.7. The van der Waals surface area contributed by atoms with Crippen LogP contribution in [0.4, 0.5) is 0 Å². The summed E-state index contributed by atoms with van der Waals surface area (Å²) in [5.41, 5.74) is 6.59. The highest BCUT2D eigenvalue weighted by atomic mass is 16.4. The zero-order valence-corrected chi connectivity index (χ0v) is 26.1. The van der Waals surface area contributed by atoms with Gasteiger partial charge in [-0.15, -0.1) is 0 Å². The highest BCUT2D eigenvalue weighted by Gasteiger charge is 2.32. The van der Waals surface area contributed by atoms with Crippen LogP contribution in [0.25, 0.3) is 0 Å². The zero-order valence-electron chi connectivity index (χ0n) is 26.1. The van der Waals surface area contributed by atoms with Gasteiger partial charge in [-0.1, -0.05) is 42.5 Å². The van der Waals surface area contributed by atoms with Crippen LogP contribution in [-0.4, -0.2) is 93.0 Å². The zero-order chi connectivity index (χ0) is 35.3. The Bertz CT molecular complexity index is 1430. The average Bonchev–Trinajstić information content (AvgIpc) is 3.00. The van der Waals surface area contributed by atoms with Crippen molar-refractivity contribution in [3.63, 3.8) is 0 Å². The van der Waals surface area contributed by atoms with Gasteiger partial charge in [-0.25, -0.2) is 4.79 Å². The predicted molar refractivity (Wildman–Crippen MR) is 166 cm³/mol. The minimum absolute atomic E-state index is 0.0513. The molecule has 16 heteroatoms. The van der Waals surface area contributed by atoms with Crippen molar-refractivity contribution in [2.45, 2.75) is 76.3 Å². The Balaban J connectivity index is 2.30. The second kappa shape index (κ2) is 17.8. The Labute approximate surface area is 270 Å². The summed E-state index contributed by atoms with van der Waals surface area (Å²) in [5.74, 6) is -7.04. The lowest BCUT2D eigenvalue weighted by atomic mass is 10.0. The van der Waals surface area contributed by atoms with Crippen LogP contribution in [0.5, 0.6) is 5.75 Å². The first-order valence-electron chi connectivity index (χ1n) is 14.6. The van der Waals surface area contributed by atoms with E-state index in [1.165, 1.54) is 45.0 Å². The third-order valence-electron chi connectivity index (χ3n) is 6.84. The highest BCUT2D eigenvalue weighted by Crippen LogP contribution is 2.13. The van der Waals surface area contributed by atoms with E-state index in [-0.39, 0.29) is 18.6 Å². The molecule has 0 saturated carbocycles. The number of hydrogen-bond donors (Lipinski definition) is 9. The molecular weight excluding hydrogens is 616 g/mol. The van der Waals surface area contributed by atoms with Gasteiger partial charge in [0.15, 0.2) is 0 Å². The molecule has 0 aromatic heterocycles. The molecule has 2 rings (SSSR count). The number of nitrogens with two attached hydrogens (primary N) is 1. The monoisotopic (exact) mass is 656 g/mol. The van der Waals surface area contributed by atoms with Gasteiger partial charge in [0.25, 0.3) is 0 Å². The quantitative estimate of drug-likeness (QED) is 0.0950. The van der Waals surface area contributed by atoms with Gasteiger partial charge >= 0.3 is 11.9 Å². The Hall–Kier alpha value is -5.51. The van der Waals surface area contributed by atoms with Crippen LogP contribution >= 0.6 is 0 Å². The number of aliphatic carboxylic acids is 2. The summed E-state index contributed by atoms with van der Waals surface area (Å²) in [4.78, 5) is 87.3. The van der Waals surface area contributed by atoms with Crippen molar-refractivity contribution in [2.24, 2.45) is 5.73 Å². The summed E-state index contributed by atoms with van der Waals surface area (Å²) in [7, 11) is 0. The van der Waals surface area contributed by atoms with Crippen molar-refractivity contribution < 1.29 is 48.9 Å². The van der Waals surface area contributed by atoms with E-state index in [4.69, 9.17) is 10.8 Å². The second-order valence-corrected chi connectivity index (χ2v) is 10.9. The number of benzene rings is 2. The van der Waals surface area contributed by atoms with E-state index in [1.54, 1.807) is 30.3 Å². The van der Waals surface area contributed by atoms with Gasteiger partial charge in [0, 0.05) is 12.8 Å². The fourth-order valence-electron chi connectivity index (χ4n) is 4.17. The van der Waals surface area contributed by atoms with Crippen molar-refractivity contribution in [3.05, 3.63) is 65.7 Å². The molecule has 47 heavy (non-hydrogen) atoms. The van der Waals surface area contributed by atoms with Crippen LogP contribution < -0.4 is 32.3 Å². The average molecular weight is 657 g/mol. The van der Waals surface area contributed by atoms with Gasteiger partial charge < -0.3 is 47.6 Å². The normalized spacial score (nSPS) is 14.6. The topological polar surface area (TPSA) is 266 Å². The molecule has 2 aromatic carbocycles. The number of rotatable bonds is 17. The molecule has 0 aliphatic rings. The maximum Gasteiger partial charge on any atom is 0.326 e. The molecule has 0 fully saturated rings. The largest absolute Gasteiger partial charge is 0.508 e. The number of carboxylic acids is 2. The molecule has 0 radical (unpaired) electrons. The molecule has 0 aliphatic heterocycles. The third kappa shape index (κ3) is 12.8. The van der Waals surface area contributed by atoms with Crippen molar-refractivity contribution in [1.82, 2.24) is 26.6 Å². The Morgan fingerprint density at radius 1 is 0.596 bits per heavy atom. The molecular formula is C31H40N6O10. The molecule has 6 atom stereocenters. The van der Waals surface area contributed by atoms with Gasteiger partial charge in [0.2, 0.25) is 29.5 Å². The van der Waals surface area contributed by atoms with Crippen molar-refractivity contribution in [2.75, 3.05) is 0 Å². The summed E-state index contributed by atoms with van der Waals surface area (Å²) in [6, 6.07) is 6.58. The summed E-state index contributed by atoms with van der Waals surface area (Å²) in [5, 5.41) is 40.2. The van der Waals surface area contributed by atoms with Crippen LogP contribution in [0.1, 0.15) is 38.3 Å². The van der Waals surface area contributed by atoms with Crippen LogP contribution in [0.3, 0.4) is 0 Å². The molecule has 16 nitrogen and oxygen atoms in total. The number of carbonyl (C=O) groups excluding carboxylic acids is 5. The van der Waals surface area contributed by atoms with E-state index in [0.717, 1.165) is 0 Å². The molecule has 2 aromatic rings. The van der Waals surface area contributed by atoms with Gasteiger partial charge in [-0.3, -0.25) is 28.8 Å². The molecule has 0 bridgehead atoms. The van der Waals surface area contributed by atoms with Gasteiger partial charge in [-0.2, -0.15) is 0 Å². The number of aromatic hydroxyl groups is 1. The molecule has 254 valence electrons. The lowest BCUT2D eigenvalue weighted by Gasteiger charge is -2.26. The van der Waals surface area contributed by atoms with Crippen molar-refractivity contribution >= 4 is 41.5 Å². The predicted octanol–water partition coefficient (Wildman–Crippen LogP) is -1.45. The summed E-state index contributed by atoms with van der Waals surface area (Å²) in [6.45, 7) is 4.20. The minimum Gasteiger partial charge on any atom is -0.508 e. The lowest BCUT2D eigenvalue weighted by Crippen LogP contribution is -2.59. The molecule has 0 heterocycles. The summed E-state index contributed by atoms with van der Waals surface area (Å²) in [6.07, 6.45) is -1.17. The minimum atomic E-state index is -1.80. The SMILES string of the molecule is C[C@H](N)C(=O)N[C@@H](C)C(=O)N[C@@H](C)C(=O)N[C@@H](Cc1ccccc1)C(=O)N[C@@H](Cc1ccc(O)cc1)C(=O)N[C@@H](CC(=O)O)C(=O)O. The van der Waals surface area contributed by atoms with Crippen LogP contribution in [0.15, 0.2) is 54.6 Å². The third-order valence-corrected chi connectivity index (χ3v) is 6.84. The number of nitrogens with one attached hydrogen (secondary N) is 5. The Morgan fingerprint density at radius 3 is 1.49 bits per heavy atom. The van der Waals surface area contributed by atoms with E-state index in [2.05, 4.69) is 26.6 Å². The highest BCUT2D eigenvalue weighted by molar-refractivity contribution is 5.96. The Kier molecular flexibility index (Phi) is 14.3. The number of phenolic OH excluding ortho intramolecular Hbond substituents is 1. The van der Waals surface area contributed by atoms with E-state index in [1.807, 2.05) is 0 Å². The van der Waals surface area contributed by atoms with Gasteiger partial charge in [0.1, 0.15) is 36.0 Å². The summed E-state index contributed by atoms with van der Waals surface area (Å²) < 4.78 is 0. The number of hydrogen-bond acceptors (Lipinski definition) is 9. The van der Waals surface area contributed by atoms with Crippen LogP contribution in [0, 0.1) is 0 Å². The molecule has 0 aliphatic carbocycles. The first kappa shape index (κ1) is 37.7. The fraction of sp³-hybridized carbons (Fsp3) is 0.387. The molecule has 0 saturated heterocycles. The lowest BCUT2D eigenvalue weighted by molar-refractivity contribution is -0.147. The summed E-state index contributed by atoms with van der Waals surface area (Å²) >= 11 is 0. The van der Waals surface area contributed by atoms with Gasteiger partial charge in [-0.05, 0) is 44.0 Å². The van der Waals surface area contributed by atoms with Crippen LogP contribution in [0.2, 0.25) is 0 Å². The number of carbonyl (C=O) groups is 7. The first-order valence-corrected chi connectivity index (χ1v) is 14.6. The maximum atomic E-state index is 13.7. The standard InChI is InChI=1S/C31H40N6O10/c1-16(32)26(41)33-17(2)27(42)34-18(3)28(43)35-22(13-19-7-5-4-6-8-19)29(44)36-23(14-20-9-11-21(38)12-10-20)30(45)37-24(31(46)47)15-25(39)40/h4-12,16-18,22-24,38H,13-15,32H2,1-3H3,(H,33,41)(H,34,42)(H,35,43)(H,36,44)(H,37,45)(H,39,40)(H,46,47)/t16-,17-,18-,22-,23-,24-/m0/s1. The van der Waals surface area contributed by atoms with Gasteiger partial charge in [0.05, 0.1) is 12.5 Å². The number of carboxylic acid groups (broad SMARTS) is 2. The fourth-order valence-corrected chi connectivity index (χ4v) is 4.17. The molecule has 0 unspecified atom stereocenters.